The van der Waals surface area contributed by atoms with Crippen LogP contribution in [0, 0.1) is 0 Å². The van der Waals surface area contributed by atoms with Crippen LogP contribution >= 0.6 is 0 Å². The van der Waals surface area contributed by atoms with Gasteiger partial charge in [-0.05, 0) is 85.7 Å². The number of rotatable bonds is 20. The molecule has 0 radical (unpaired) electrons. The Bertz CT molecular complexity index is 3260. The lowest BCUT2D eigenvalue weighted by Gasteiger charge is -2.26. The highest BCUT2D eigenvalue weighted by Gasteiger charge is 2.37. The van der Waals surface area contributed by atoms with E-state index in [9.17, 15) is 45.1 Å². The van der Waals surface area contributed by atoms with E-state index in [0.29, 0.717) is 73.0 Å². The average molecular weight is 1150 g/mol. The molecule has 0 spiro atoms. The topological polar surface area (TPSA) is 232 Å². The zero-order valence-electron chi connectivity index (χ0n) is 45.1. The van der Waals surface area contributed by atoms with Crippen molar-refractivity contribution in [3.8, 4) is 11.8 Å². The van der Waals surface area contributed by atoms with Gasteiger partial charge >= 0.3 is 12.4 Å². The molecule has 2 saturated heterocycles. The number of halogens is 7. The quantitative estimate of drug-likeness (QED) is 0.0309. The van der Waals surface area contributed by atoms with Crippen molar-refractivity contribution in [1.82, 2.24) is 39.7 Å². The maximum atomic E-state index is 13.8. The first kappa shape index (κ1) is 60.3. The van der Waals surface area contributed by atoms with Gasteiger partial charge < -0.3 is 56.1 Å². The van der Waals surface area contributed by atoms with Crippen LogP contribution in [-0.2, 0) is 26.7 Å². The zero-order chi connectivity index (χ0) is 59.3. The molecule has 2 atom stereocenters. The van der Waals surface area contributed by atoms with Crippen molar-refractivity contribution in [2.45, 2.75) is 44.2 Å². The zero-order valence-corrected chi connectivity index (χ0v) is 45.1. The van der Waals surface area contributed by atoms with Gasteiger partial charge in [0.25, 0.3) is 0 Å². The molecular formula is C54H59F7N16O5. The van der Waals surface area contributed by atoms with Gasteiger partial charge in [-0.25, -0.2) is 14.4 Å². The van der Waals surface area contributed by atoms with Gasteiger partial charge in [0.1, 0.15) is 52.4 Å². The lowest BCUT2D eigenvalue weighted by molar-refractivity contribution is -0.138. The lowest BCUT2D eigenvalue weighted by atomic mass is 10.2. The summed E-state index contributed by atoms with van der Waals surface area (Å²) in [5.41, 5.74) is -0.264. The molecule has 6 N–H and O–H groups in total. The standard InChI is InChI=1S/C27H30F4N8O2.C27H29F3N8O3/c1-4-23(40)33-17-6-5-7-18(14-17)34-24-20(27(29,30)31)15-32-26(37-24)35-21-8-9-22(36-25(21)41-3)38(2)19-10-12-39(16-19)13-11-28;1-5-23(40)32-17-7-6-8-18(13-17)33-24-20(27(28,29)30)14-31-26(36-24)34-21-9-10-22(35-25(21)41-4)37(3)19-11-12-38(15-19)16(2)39/h4-9,14-15,19H,1,10-13,16H2,2-3H3,(H,33,40)(H2,32,34,35,37);5-10,13-14,19H,1,11-12,15H2,2-4H3,(H,32,40)(H2,31,33,34,36). The fourth-order valence-electron chi connectivity index (χ4n) is 8.66. The SMILES string of the molecule is C=CC(=O)Nc1cccc(Nc2nc(Nc3ccc(N(C)C4CCN(C(C)=O)C4)nc3OC)ncc2C(F)(F)F)c1.C=CC(=O)Nc1cccc(Nc2nc(Nc3ccc(N(C)C4CCN(CCF)C4)nc3OC)ncc2C(F)(F)F)c1. The summed E-state index contributed by atoms with van der Waals surface area (Å²) in [4.78, 5) is 67.6. The van der Waals surface area contributed by atoms with Crippen LogP contribution in [-0.4, -0.2) is 137 Å². The fraction of sp³-hybridized carbons (Fsp3) is 0.315. The van der Waals surface area contributed by atoms with Crippen LogP contribution < -0.4 is 51.2 Å². The van der Waals surface area contributed by atoms with E-state index in [4.69, 9.17) is 9.47 Å². The highest BCUT2D eigenvalue weighted by atomic mass is 19.4. The third kappa shape index (κ3) is 15.7. The Labute approximate surface area is 467 Å². The number of benzene rings is 2. The predicted molar refractivity (Wildman–Crippen MR) is 298 cm³/mol. The van der Waals surface area contributed by atoms with Gasteiger partial charge in [0.2, 0.25) is 41.4 Å². The third-order valence-corrected chi connectivity index (χ3v) is 13.0. The van der Waals surface area contributed by atoms with Crippen molar-refractivity contribution in [2.24, 2.45) is 0 Å². The van der Waals surface area contributed by atoms with Gasteiger partial charge in [-0.3, -0.25) is 19.3 Å². The van der Waals surface area contributed by atoms with Gasteiger partial charge in [0.05, 0.1) is 14.2 Å². The number of methoxy groups -OCH3 is 2. The second-order valence-electron chi connectivity index (χ2n) is 18.5. The van der Waals surface area contributed by atoms with E-state index in [2.05, 4.69) is 79.9 Å². The number of pyridine rings is 2. The minimum atomic E-state index is -4.74. The summed E-state index contributed by atoms with van der Waals surface area (Å²) in [5, 5.41) is 16.2. The van der Waals surface area contributed by atoms with Gasteiger partial charge in [0, 0.05) is 101 Å². The highest BCUT2D eigenvalue weighted by Crippen LogP contribution is 2.39. The number of likely N-dealkylation sites (N-methyl/N-ethyl adjacent to an activating group) is 2. The molecule has 2 aromatic carbocycles. The maximum Gasteiger partial charge on any atom is 0.421 e. The number of likely N-dealkylation sites (tertiary alicyclic amines) is 2. The molecule has 3 amide bonds. The minimum Gasteiger partial charge on any atom is -0.479 e. The number of nitrogens with one attached hydrogen (secondary N) is 6. The molecule has 0 bridgehead atoms. The number of carbonyl (C=O) groups is 3. The first-order chi connectivity index (χ1) is 39.1. The van der Waals surface area contributed by atoms with Crippen molar-refractivity contribution in [1.29, 1.82) is 0 Å². The summed E-state index contributed by atoms with van der Waals surface area (Å²) in [5.74, 6) is -0.575. The van der Waals surface area contributed by atoms with Crippen LogP contribution in [0.15, 0.2) is 111 Å². The monoisotopic (exact) mass is 1140 g/mol. The van der Waals surface area contributed by atoms with Crippen LogP contribution in [0.5, 0.6) is 11.8 Å². The summed E-state index contributed by atoms with van der Waals surface area (Å²) in [6, 6.07) is 19.3. The van der Waals surface area contributed by atoms with E-state index in [1.54, 1.807) is 53.4 Å². The average Bonchev–Trinajstić information content (AvgIpc) is 4.27. The molecule has 6 aromatic rings. The largest absolute Gasteiger partial charge is 0.479 e. The molecule has 21 nitrogen and oxygen atoms in total. The van der Waals surface area contributed by atoms with Crippen LogP contribution in [0.4, 0.5) is 100 Å². The summed E-state index contributed by atoms with van der Waals surface area (Å²) >= 11 is 0. The molecule has 4 aromatic heterocycles. The van der Waals surface area contributed by atoms with Crippen LogP contribution in [0.3, 0.4) is 0 Å². The molecule has 434 valence electrons. The second kappa shape index (κ2) is 26.7. The molecule has 2 aliphatic rings. The lowest BCUT2D eigenvalue weighted by Crippen LogP contribution is -2.36. The molecule has 82 heavy (non-hydrogen) atoms. The number of hydrogen-bond donors (Lipinski definition) is 6. The van der Waals surface area contributed by atoms with Crippen LogP contribution in [0.25, 0.3) is 0 Å². The normalized spacial score (nSPS) is 15.0. The van der Waals surface area contributed by atoms with E-state index in [-0.39, 0.29) is 53.0 Å². The van der Waals surface area contributed by atoms with Crippen LogP contribution in [0.2, 0.25) is 0 Å². The second-order valence-corrected chi connectivity index (χ2v) is 18.5. The van der Waals surface area contributed by atoms with Crippen molar-refractivity contribution in [3.63, 3.8) is 0 Å². The molecule has 2 fully saturated rings. The number of alkyl halides is 7. The summed E-state index contributed by atoms with van der Waals surface area (Å²) in [6.45, 7) is 11.0. The van der Waals surface area contributed by atoms with E-state index in [1.807, 2.05) is 23.9 Å². The van der Waals surface area contributed by atoms with E-state index in [0.717, 1.165) is 31.5 Å². The van der Waals surface area contributed by atoms with Crippen LogP contribution in [0.1, 0.15) is 30.9 Å². The number of amides is 3. The fourth-order valence-corrected chi connectivity index (χ4v) is 8.66. The summed E-state index contributed by atoms with van der Waals surface area (Å²) in [6.07, 6.45) is -4.32. The molecule has 2 aliphatic heterocycles. The summed E-state index contributed by atoms with van der Waals surface area (Å²) < 4.78 is 106. The first-order valence-corrected chi connectivity index (χ1v) is 25.2. The molecule has 2 unspecified atom stereocenters. The van der Waals surface area contributed by atoms with Gasteiger partial charge in [-0.15, -0.1) is 0 Å². The van der Waals surface area contributed by atoms with E-state index >= 15 is 0 Å². The van der Waals surface area contributed by atoms with E-state index in [1.165, 1.54) is 45.4 Å². The number of hydrogen-bond acceptors (Lipinski definition) is 18. The van der Waals surface area contributed by atoms with Crippen molar-refractivity contribution in [3.05, 3.63) is 122 Å². The van der Waals surface area contributed by atoms with Gasteiger partial charge in [0.15, 0.2) is 0 Å². The Morgan fingerprint density at radius 2 is 1.09 bits per heavy atom. The minimum absolute atomic E-state index is 0.0172. The first-order valence-electron chi connectivity index (χ1n) is 25.2. The maximum absolute atomic E-state index is 13.8. The Balaban J connectivity index is 0.000000236. The molecule has 8 rings (SSSR count). The molecule has 0 aliphatic carbocycles. The van der Waals surface area contributed by atoms with Crippen molar-refractivity contribution < 1.29 is 54.6 Å². The van der Waals surface area contributed by atoms with Crippen molar-refractivity contribution in [2.75, 3.05) is 109 Å². The number of carbonyl (C=O) groups excluding carboxylic acids is 3. The molecule has 0 saturated carbocycles. The highest BCUT2D eigenvalue weighted by molar-refractivity contribution is 5.99. The third-order valence-electron chi connectivity index (χ3n) is 13.0. The van der Waals surface area contributed by atoms with Crippen molar-refractivity contribution >= 4 is 87.0 Å². The summed E-state index contributed by atoms with van der Waals surface area (Å²) in [7, 11) is 6.61. The molecule has 28 heteroatoms. The predicted octanol–water partition coefficient (Wildman–Crippen LogP) is 9.56. The number of aromatic nitrogens is 6. The van der Waals surface area contributed by atoms with E-state index < -0.39 is 53.6 Å². The number of ether oxygens (including phenoxy) is 2. The van der Waals surface area contributed by atoms with Gasteiger partial charge in [-0.2, -0.15) is 46.3 Å². The van der Waals surface area contributed by atoms with Gasteiger partial charge in [-0.1, -0.05) is 25.3 Å². The Morgan fingerprint density at radius 3 is 1.49 bits per heavy atom. The Hall–Kier alpha value is -9.34. The molecule has 6 heterocycles. The number of nitrogens with zero attached hydrogens (tertiary/aromatic N) is 10. The smallest absolute Gasteiger partial charge is 0.421 e. The Morgan fingerprint density at radius 1 is 0.646 bits per heavy atom. The number of anilines is 12. The molecular weight excluding hydrogens is 1090 g/mol. The Kier molecular flexibility index (Phi) is 19.7.